The summed E-state index contributed by atoms with van der Waals surface area (Å²) in [7, 11) is 0. The average Bonchev–Trinajstić information content (AvgIpc) is 2.98. The highest BCUT2D eigenvalue weighted by Gasteiger charge is 2.17. The van der Waals surface area contributed by atoms with Gasteiger partial charge in [-0.2, -0.15) is 0 Å². The van der Waals surface area contributed by atoms with E-state index >= 15 is 0 Å². The van der Waals surface area contributed by atoms with Crippen LogP contribution in [-0.2, 0) is 0 Å². The Morgan fingerprint density at radius 2 is 2.12 bits per heavy atom. The number of nitrogens with one attached hydrogen (secondary N) is 2. The standard InChI is InChI=1S/C12H22N4O/c1-3-13-9(2)11-15-16-12(17-11)14-8-10-6-4-5-7-10/h9-10,13H,3-8H2,1-2H3,(H,14,16). The summed E-state index contributed by atoms with van der Waals surface area (Å²) < 4.78 is 5.56. The molecule has 2 N–H and O–H groups in total. The summed E-state index contributed by atoms with van der Waals surface area (Å²) in [6.07, 6.45) is 5.36. The Morgan fingerprint density at radius 3 is 2.82 bits per heavy atom. The molecule has 1 heterocycles. The van der Waals surface area contributed by atoms with E-state index in [-0.39, 0.29) is 6.04 Å². The topological polar surface area (TPSA) is 63.0 Å². The minimum atomic E-state index is 0.120. The molecule has 1 aromatic heterocycles. The van der Waals surface area contributed by atoms with E-state index in [2.05, 4.69) is 27.8 Å². The van der Waals surface area contributed by atoms with E-state index in [0.29, 0.717) is 11.9 Å². The Balaban J connectivity index is 1.80. The molecular formula is C12H22N4O. The molecule has 0 bridgehead atoms. The zero-order valence-corrected chi connectivity index (χ0v) is 10.7. The molecule has 0 radical (unpaired) electrons. The molecule has 0 spiro atoms. The van der Waals surface area contributed by atoms with Gasteiger partial charge in [-0.25, -0.2) is 0 Å². The maximum absolute atomic E-state index is 5.56. The molecule has 1 aromatic rings. The molecule has 0 amide bonds. The lowest BCUT2D eigenvalue weighted by Crippen LogP contribution is -2.17. The van der Waals surface area contributed by atoms with Crippen molar-refractivity contribution in [1.82, 2.24) is 15.5 Å². The molecule has 1 unspecified atom stereocenters. The molecule has 1 fully saturated rings. The number of aromatic nitrogens is 2. The molecule has 17 heavy (non-hydrogen) atoms. The lowest BCUT2D eigenvalue weighted by molar-refractivity contribution is 0.426. The molecular weight excluding hydrogens is 216 g/mol. The van der Waals surface area contributed by atoms with E-state index in [4.69, 9.17) is 4.42 Å². The molecule has 96 valence electrons. The van der Waals surface area contributed by atoms with Gasteiger partial charge in [0.25, 0.3) is 0 Å². The van der Waals surface area contributed by atoms with Crippen LogP contribution >= 0.6 is 0 Å². The predicted molar refractivity (Wildman–Crippen MR) is 66.8 cm³/mol. The third kappa shape index (κ3) is 3.43. The summed E-state index contributed by atoms with van der Waals surface area (Å²) in [6, 6.07) is 0.672. The van der Waals surface area contributed by atoms with Crippen molar-refractivity contribution in [3.8, 4) is 0 Å². The van der Waals surface area contributed by atoms with Crippen LogP contribution in [0.25, 0.3) is 0 Å². The summed E-state index contributed by atoms with van der Waals surface area (Å²) in [5, 5.41) is 14.5. The Kier molecular flexibility index (Phi) is 4.36. The summed E-state index contributed by atoms with van der Waals surface area (Å²) in [6.45, 7) is 5.94. The van der Waals surface area contributed by atoms with Crippen LogP contribution < -0.4 is 10.6 Å². The quantitative estimate of drug-likeness (QED) is 0.796. The third-order valence-electron chi connectivity index (χ3n) is 3.34. The zero-order chi connectivity index (χ0) is 12.1. The number of nitrogens with zero attached hydrogens (tertiary/aromatic N) is 2. The van der Waals surface area contributed by atoms with Gasteiger partial charge >= 0.3 is 6.01 Å². The third-order valence-corrected chi connectivity index (χ3v) is 3.34. The van der Waals surface area contributed by atoms with Crippen molar-refractivity contribution in [3.05, 3.63) is 5.89 Å². The fraction of sp³-hybridized carbons (Fsp3) is 0.833. The monoisotopic (exact) mass is 238 g/mol. The molecule has 0 saturated heterocycles. The van der Waals surface area contributed by atoms with Gasteiger partial charge in [0.15, 0.2) is 0 Å². The Labute approximate surface area is 102 Å². The summed E-state index contributed by atoms with van der Waals surface area (Å²) >= 11 is 0. The molecule has 2 rings (SSSR count). The smallest absolute Gasteiger partial charge is 0.315 e. The molecule has 0 aromatic carbocycles. The van der Waals surface area contributed by atoms with Gasteiger partial charge in [0.2, 0.25) is 5.89 Å². The molecule has 5 nitrogen and oxygen atoms in total. The highest BCUT2D eigenvalue weighted by molar-refractivity contribution is 5.17. The fourth-order valence-electron chi connectivity index (χ4n) is 2.32. The first-order chi connectivity index (χ1) is 8.29. The van der Waals surface area contributed by atoms with Crippen LogP contribution in [0.1, 0.15) is 51.5 Å². The van der Waals surface area contributed by atoms with E-state index in [1.54, 1.807) is 0 Å². The van der Waals surface area contributed by atoms with E-state index in [1.165, 1.54) is 25.7 Å². The van der Waals surface area contributed by atoms with E-state index in [9.17, 15) is 0 Å². The highest BCUT2D eigenvalue weighted by atomic mass is 16.4. The van der Waals surface area contributed by atoms with Crippen LogP contribution in [-0.4, -0.2) is 23.3 Å². The molecule has 1 aliphatic carbocycles. The van der Waals surface area contributed by atoms with Crippen molar-refractivity contribution in [2.75, 3.05) is 18.4 Å². The number of hydrogen-bond acceptors (Lipinski definition) is 5. The lowest BCUT2D eigenvalue weighted by atomic mass is 10.1. The lowest BCUT2D eigenvalue weighted by Gasteiger charge is -2.08. The van der Waals surface area contributed by atoms with Crippen LogP contribution in [0.15, 0.2) is 4.42 Å². The summed E-state index contributed by atoms with van der Waals surface area (Å²) in [5.41, 5.74) is 0. The normalized spacial score (nSPS) is 18.5. The van der Waals surface area contributed by atoms with E-state index < -0.39 is 0 Å². The van der Waals surface area contributed by atoms with Crippen molar-refractivity contribution >= 4 is 6.01 Å². The SMILES string of the molecule is CCNC(C)c1nnc(NCC2CCCC2)o1. The number of anilines is 1. The van der Waals surface area contributed by atoms with Crippen molar-refractivity contribution in [3.63, 3.8) is 0 Å². The van der Waals surface area contributed by atoms with Crippen LogP contribution in [0.4, 0.5) is 6.01 Å². The minimum Gasteiger partial charge on any atom is -0.406 e. The van der Waals surface area contributed by atoms with Gasteiger partial charge in [-0.05, 0) is 32.2 Å². The van der Waals surface area contributed by atoms with Gasteiger partial charge in [0.1, 0.15) is 0 Å². The molecule has 1 aliphatic rings. The average molecular weight is 238 g/mol. The molecule has 1 saturated carbocycles. The molecule has 1 atom stereocenters. The molecule has 0 aliphatic heterocycles. The Morgan fingerprint density at radius 1 is 1.35 bits per heavy atom. The second-order valence-electron chi connectivity index (χ2n) is 4.76. The van der Waals surface area contributed by atoms with Crippen molar-refractivity contribution in [2.45, 2.75) is 45.6 Å². The number of hydrogen-bond donors (Lipinski definition) is 2. The fourth-order valence-corrected chi connectivity index (χ4v) is 2.32. The first-order valence-corrected chi connectivity index (χ1v) is 6.60. The number of rotatable bonds is 6. The van der Waals surface area contributed by atoms with Crippen molar-refractivity contribution in [2.24, 2.45) is 5.92 Å². The van der Waals surface area contributed by atoms with Gasteiger partial charge in [-0.3, -0.25) is 0 Å². The van der Waals surface area contributed by atoms with Crippen molar-refractivity contribution < 1.29 is 4.42 Å². The second-order valence-corrected chi connectivity index (χ2v) is 4.76. The van der Waals surface area contributed by atoms with Crippen LogP contribution in [0.3, 0.4) is 0 Å². The molecule has 5 heteroatoms. The van der Waals surface area contributed by atoms with Crippen LogP contribution in [0, 0.1) is 5.92 Å². The summed E-state index contributed by atoms with van der Waals surface area (Å²) in [5.74, 6) is 1.43. The van der Waals surface area contributed by atoms with Crippen LogP contribution in [0.2, 0.25) is 0 Å². The maximum Gasteiger partial charge on any atom is 0.315 e. The largest absolute Gasteiger partial charge is 0.406 e. The summed E-state index contributed by atoms with van der Waals surface area (Å²) in [4.78, 5) is 0. The van der Waals surface area contributed by atoms with Gasteiger partial charge in [-0.15, -0.1) is 5.10 Å². The predicted octanol–water partition coefficient (Wildman–Crippen LogP) is 2.34. The highest BCUT2D eigenvalue weighted by Crippen LogP contribution is 2.25. The zero-order valence-electron chi connectivity index (χ0n) is 10.7. The first-order valence-electron chi connectivity index (χ1n) is 6.60. The Hall–Kier alpha value is -1.10. The van der Waals surface area contributed by atoms with E-state index in [0.717, 1.165) is 19.0 Å². The van der Waals surface area contributed by atoms with Crippen molar-refractivity contribution in [1.29, 1.82) is 0 Å². The van der Waals surface area contributed by atoms with Gasteiger partial charge in [0, 0.05) is 6.54 Å². The first kappa shape index (κ1) is 12.4. The van der Waals surface area contributed by atoms with E-state index in [1.807, 2.05) is 6.92 Å². The minimum absolute atomic E-state index is 0.120. The van der Waals surface area contributed by atoms with Gasteiger partial charge < -0.3 is 15.1 Å². The maximum atomic E-state index is 5.56. The van der Waals surface area contributed by atoms with Crippen LogP contribution in [0.5, 0.6) is 0 Å². The van der Waals surface area contributed by atoms with Gasteiger partial charge in [-0.1, -0.05) is 24.9 Å². The van der Waals surface area contributed by atoms with Gasteiger partial charge in [0.05, 0.1) is 6.04 Å². The Bertz CT molecular complexity index is 333. The second kappa shape index (κ2) is 6.00.